The van der Waals surface area contributed by atoms with Gasteiger partial charge in [-0.15, -0.1) is 0 Å². The monoisotopic (exact) mass is 360 g/mol. The van der Waals surface area contributed by atoms with Crippen molar-refractivity contribution in [1.82, 2.24) is 4.90 Å². The van der Waals surface area contributed by atoms with Gasteiger partial charge in [-0.3, -0.25) is 9.59 Å². The molecule has 0 atom stereocenters. The fraction of sp³-hybridized carbons (Fsp3) is 0.421. The SMILES string of the molecule is Cc1c(CC(=O)N(C)CCCCCC(=O)O)c(=O)oc2cc(N)ccc12. The van der Waals surface area contributed by atoms with Gasteiger partial charge >= 0.3 is 11.6 Å². The van der Waals surface area contributed by atoms with Crippen LogP contribution in [0.2, 0.25) is 0 Å². The summed E-state index contributed by atoms with van der Waals surface area (Å²) in [5, 5.41) is 9.37. The lowest BCUT2D eigenvalue weighted by atomic mass is 10.0. The average Bonchev–Trinajstić information content (AvgIpc) is 2.57. The molecule has 3 N–H and O–H groups in total. The number of carbonyl (C=O) groups excluding carboxylic acids is 1. The third kappa shape index (κ3) is 4.84. The Morgan fingerprint density at radius 1 is 1.23 bits per heavy atom. The Morgan fingerprint density at radius 2 is 1.96 bits per heavy atom. The molecule has 0 unspecified atom stereocenters. The summed E-state index contributed by atoms with van der Waals surface area (Å²) in [4.78, 5) is 36.7. The molecule has 0 radical (unpaired) electrons. The van der Waals surface area contributed by atoms with Crippen LogP contribution in [-0.2, 0) is 16.0 Å². The number of likely N-dealkylation sites (N-methyl/N-ethyl adjacent to an activating group) is 1. The zero-order chi connectivity index (χ0) is 19.3. The fourth-order valence-corrected chi connectivity index (χ4v) is 2.83. The van der Waals surface area contributed by atoms with Crippen molar-refractivity contribution >= 4 is 28.5 Å². The topological polar surface area (TPSA) is 114 Å². The van der Waals surface area contributed by atoms with Crippen LogP contribution in [0.25, 0.3) is 11.0 Å². The van der Waals surface area contributed by atoms with Crippen LogP contribution in [0.15, 0.2) is 27.4 Å². The van der Waals surface area contributed by atoms with Crippen molar-refractivity contribution in [2.24, 2.45) is 0 Å². The fourth-order valence-electron chi connectivity index (χ4n) is 2.83. The first-order valence-corrected chi connectivity index (χ1v) is 8.57. The summed E-state index contributed by atoms with van der Waals surface area (Å²) in [5.74, 6) is -0.983. The summed E-state index contributed by atoms with van der Waals surface area (Å²) in [6.07, 6.45) is 2.16. The Hall–Kier alpha value is -2.83. The number of carboxylic acid groups (broad SMARTS) is 1. The molecule has 0 spiro atoms. The van der Waals surface area contributed by atoms with Crippen LogP contribution in [0.4, 0.5) is 5.69 Å². The minimum atomic E-state index is -0.810. The van der Waals surface area contributed by atoms with Gasteiger partial charge < -0.3 is 20.2 Å². The van der Waals surface area contributed by atoms with Crippen LogP contribution < -0.4 is 11.4 Å². The Balaban J connectivity index is 2.03. The Labute approximate surface area is 151 Å². The third-order valence-electron chi connectivity index (χ3n) is 4.45. The highest BCUT2D eigenvalue weighted by molar-refractivity contribution is 5.86. The number of carboxylic acids is 1. The standard InChI is InChI=1S/C19H24N2O5/c1-12-14-8-7-13(20)10-16(14)26-19(25)15(12)11-17(22)21(2)9-5-3-4-6-18(23)24/h7-8,10H,3-6,9,11,20H2,1-2H3,(H,23,24). The molecule has 26 heavy (non-hydrogen) atoms. The van der Waals surface area contributed by atoms with Crippen LogP contribution in [0.1, 0.15) is 36.8 Å². The second-order valence-electron chi connectivity index (χ2n) is 6.45. The minimum Gasteiger partial charge on any atom is -0.481 e. The number of unbranched alkanes of at least 4 members (excludes halogenated alkanes) is 2. The molecule has 140 valence electrons. The van der Waals surface area contributed by atoms with E-state index in [-0.39, 0.29) is 18.7 Å². The molecule has 0 saturated carbocycles. The van der Waals surface area contributed by atoms with E-state index in [4.69, 9.17) is 15.3 Å². The number of carbonyl (C=O) groups is 2. The van der Waals surface area contributed by atoms with Crippen molar-refractivity contribution in [3.8, 4) is 0 Å². The lowest BCUT2D eigenvalue weighted by Gasteiger charge is -2.17. The number of nitrogens with two attached hydrogens (primary N) is 1. The molecular formula is C19H24N2O5. The molecule has 0 aliphatic heterocycles. The van der Waals surface area contributed by atoms with E-state index in [1.165, 1.54) is 0 Å². The molecule has 1 heterocycles. The van der Waals surface area contributed by atoms with Crippen molar-refractivity contribution in [2.75, 3.05) is 19.3 Å². The maximum absolute atomic E-state index is 12.4. The van der Waals surface area contributed by atoms with Gasteiger partial charge in [0.25, 0.3) is 0 Å². The predicted molar refractivity (Wildman–Crippen MR) is 99.1 cm³/mol. The molecule has 2 rings (SSSR count). The first-order chi connectivity index (χ1) is 12.3. The normalized spacial score (nSPS) is 10.8. The molecule has 0 aliphatic rings. The molecule has 1 amide bonds. The number of hydrogen-bond acceptors (Lipinski definition) is 5. The minimum absolute atomic E-state index is 0.0277. The molecule has 0 bridgehead atoms. The van der Waals surface area contributed by atoms with Gasteiger partial charge in [0.05, 0.1) is 12.0 Å². The molecule has 0 fully saturated rings. The smallest absolute Gasteiger partial charge is 0.340 e. The molecule has 1 aromatic carbocycles. The van der Waals surface area contributed by atoms with Gasteiger partial charge in [0.2, 0.25) is 5.91 Å². The molecule has 7 heteroatoms. The van der Waals surface area contributed by atoms with E-state index in [0.717, 1.165) is 23.8 Å². The number of anilines is 1. The summed E-state index contributed by atoms with van der Waals surface area (Å²) in [7, 11) is 1.68. The summed E-state index contributed by atoms with van der Waals surface area (Å²) in [6, 6.07) is 5.10. The van der Waals surface area contributed by atoms with Crippen molar-refractivity contribution in [3.63, 3.8) is 0 Å². The lowest BCUT2D eigenvalue weighted by Crippen LogP contribution is -2.31. The van der Waals surface area contributed by atoms with Crippen molar-refractivity contribution in [2.45, 2.75) is 39.0 Å². The molecule has 1 aromatic heterocycles. The van der Waals surface area contributed by atoms with Crippen LogP contribution in [-0.4, -0.2) is 35.5 Å². The Bertz CT molecular complexity index is 872. The number of nitrogen functional groups attached to an aromatic ring is 1. The van der Waals surface area contributed by atoms with Crippen LogP contribution in [0, 0.1) is 6.92 Å². The van der Waals surface area contributed by atoms with Crippen molar-refractivity contribution < 1.29 is 19.1 Å². The Kier molecular flexibility index (Phi) is 6.38. The molecular weight excluding hydrogens is 336 g/mol. The molecule has 2 aromatic rings. The molecule has 7 nitrogen and oxygen atoms in total. The first-order valence-electron chi connectivity index (χ1n) is 8.57. The van der Waals surface area contributed by atoms with Crippen LogP contribution >= 0.6 is 0 Å². The first kappa shape index (κ1) is 19.5. The number of nitrogens with zero attached hydrogens (tertiary/aromatic N) is 1. The van der Waals surface area contributed by atoms with E-state index in [1.54, 1.807) is 37.1 Å². The highest BCUT2D eigenvalue weighted by Gasteiger charge is 2.17. The number of rotatable bonds is 8. The maximum Gasteiger partial charge on any atom is 0.340 e. The summed E-state index contributed by atoms with van der Waals surface area (Å²) < 4.78 is 5.31. The highest BCUT2D eigenvalue weighted by atomic mass is 16.4. The van der Waals surface area contributed by atoms with E-state index in [0.29, 0.717) is 29.8 Å². The van der Waals surface area contributed by atoms with E-state index >= 15 is 0 Å². The van der Waals surface area contributed by atoms with Gasteiger partial charge in [-0.05, 0) is 37.5 Å². The van der Waals surface area contributed by atoms with Gasteiger partial charge in [0.1, 0.15) is 5.58 Å². The summed E-state index contributed by atoms with van der Waals surface area (Å²) >= 11 is 0. The maximum atomic E-state index is 12.4. The lowest BCUT2D eigenvalue weighted by molar-refractivity contribution is -0.137. The van der Waals surface area contributed by atoms with Gasteiger partial charge in [-0.25, -0.2) is 4.79 Å². The summed E-state index contributed by atoms with van der Waals surface area (Å²) in [5.41, 5.74) is 7.18. The number of benzene rings is 1. The van der Waals surface area contributed by atoms with Gasteiger partial charge in [-0.2, -0.15) is 0 Å². The highest BCUT2D eigenvalue weighted by Crippen LogP contribution is 2.22. The van der Waals surface area contributed by atoms with E-state index in [1.807, 2.05) is 0 Å². The van der Waals surface area contributed by atoms with Gasteiger partial charge in [0, 0.05) is 37.2 Å². The van der Waals surface area contributed by atoms with Gasteiger partial charge in [-0.1, -0.05) is 6.42 Å². The van der Waals surface area contributed by atoms with E-state index < -0.39 is 11.6 Å². The van der Waals surface area contributed by atoms with Crippen molar-refractivity contribution in [3.05, 3.63) is 39.7 Å². The predicted octanol–water partition coefficient (Wildman–Crippen LogP) is 2.33. The quantitative estimate of drug-likeness (QED) is 0.424. The zero-order valence-corrected chi connectivity index (χ0v) is 15.1. The van der Waals surface area contributed by atoms with Gasteiger partial charge in [0.15, 0.2) is 0 Å². The van der Waals surface area contributed by atoms with E-state index in [9.17, 15) is 14.4 Å². The number of fused-ring (bicyclic) bond motifs is 1. The number of aliphatic carboxylic acids is 1. The number of hydrogen-bond donors (Lipinski definition) is 2. The average molecular weight is 360 g/mol. The van der Waals surface area contributed by atoms with Crippen LogP contribution in [0.5, 0.6) is 0 Å². The van der Waals surface area contributed by atoms with Crippen molar-refractivity contribution in [1.29, 1.82) is 0 Å². The largest absolute Gasteiger partial charge is 0.481 e. The van der Waals surface area contributed by atoms with E-state index in [2.05, 4.69) is 0 Å². The number of amides is 1. The Morgan fingerprint density at radius 3 is 2.65 bits per heavy atom. The third-order valence-corrected chi connectivity index (χ3v) is 4.45. The second kappa shape index (κ2) is 8.51. The molecule has 0 saturated heterocycles. The number of aryl methyl sites for hydroxylation is 1. The molecule has 0 aliphatic carbocycles. The second-order valence-corrected chi connectivity index (χ2v) is 6.45. The zero-order valence-electron chi connectivity index (χ0n) is 15.1. The summed E-state index contributed by atoms with van der Waals surface area (Å²) in [6.45, 7) is 2.32. The van der Waals surface area contributed by atoms with Crippen LogP contribution in [0.3, 0.4) is 0 Å².